The summed E-state index contributed by atoms with van der Waals surface area (Å²) >= 11 is 0. The van der Waals surface area contributed by atoms with Gasteiger partial charge in [0.05, 0.1) is 42.7 Å². The molecule has 0 aromatic rings. The predicted octanol–water partition coefficient (Wildman–Crippen LogP) is 8.70. The highest BCUT2D eigenvalue weighted by molar-refractivity contribution is 5.19. The van der Waals surface area contributed by atoms with E-state index in [-0.39, 0.29) is 35.2 Å². The molecule has 0 aromatic carbocycles. The molecular formula is C35H64O4. The Morgan fingerprint density at radius 1 is 0.615 bits per heavy atom. The summed E-state index contributed by atoms with van der Waals surface area (Å²) in [4.78, 5) is 0. The third-order valence-corrected chi connectivity index (χ3v) is 12.2. The van der Waals surface area contributed by atoms with Gasteiger partial charge in [0, 0.05) is 17.4 Å². The van der Waals surface area contributed by atoms with Crippen LogP contribution in [0, 0.1) is 45.8 Å². The van der Waals surface area contributed by atoms with Crippen LogP contribution in [0.2, 0.25) is 0 Å². The summed E-state index contributed by atoms with van der Waals surface area (Å²) in [6.07, 6.45) is 10.6. The topological polar surface area (TPSA) is 36.9 Å². The third-order valence-electron chi connectivity index (χ3n) is 12.2. The van der Waals surface area contributed by atoms with Crippen LogP contribution in [0.1, 0.15) is 128 Å². The first-order valence-electron chi connectivity index (χ1n) is 16.7. The Hall–Kier alpha value is -0.160. The van der Waals surface area contributed by atoms with Gasteiger partial charge in [-0.1, -0.05) is 27.7 Å². The molecule has 4 fully saturated rings. The molecule has 0 aromatic heterocycles. The molecule has 4 heteroatoms. The summed E-state index contributed by atoms with van der Waals surface area (Å²) in [6, 6.07) is 0. The number of hydrogen-bond acceptors (Lipinski definition) is 4. The van der Waals surface area contributed by atoms with Crippen LogP contribution in [0.3, 0.4) is 0 Å². The zero-order valence-electron chi connectivity index (χ0n) is 27.7. The Kier molecular flexibility index (Phi) is 9.65. The van der Waals surface area contributed by atoms with Crippen molar-refractivity contribution in [3.05, 3.63) is 0 Å². The van der Waals surface area contributed by atoms with E-state index in [2.05, 4.69) is 83.1 Å². The van der Waals surface area contributed by atoms with Crippen LogP contribution < -0.4 is 0 Å². The average Bonchev–Trinajstić information content (AvgIpc) is 3.19. The molecule has 0 amide bonds. The van der Waals surface area contributed by atoms with Gasteiger partial charge in [-0.3, -0.25) is 0 Å². The lowest BCUT2D eigenvalue weighted by atomic mass is 9.37. The first-order valence-corrected chi connectivity index (χ1v) is 16.7. The molecule has 0 heterocycles. The summed E-state index contributed by atoms with van der Waals surface area (Å²) in [5.74, 6) is 3.00. The van der Waals surface area contributed by atoms with Crippen molar-refractivity contribution < 1.29 is 18.9 Å². The van der Waals surface area contributed by atoms with Crippen LogP contribution in [-0.4, -0.2) is 49.3 Å². The molecule has 0 radical (unpaired) electrons. The van der Waals surface area contributed by atoms with Gasteiger partial charge in [0.1, 0.15) is 0 Å². The number of ether oxygens (including phenoxy) is 4. The Balaban J connectivity index is 1.75. The Morgan fingerprint density at radius 2 is 1.21 bits per heavy atom. The van der Waals surface area contributed by atoms with Crippen molar-refractivity contribution in [1.82, 2.24) is 0 Å². The second-order valence-corrected chi connectivity index (χ2v) is 16.0. The number of rotatable bonds is 10. The molecule has 0 aliphatic heterocycles. The van der Waals surface area contributed by atoms with E-state index in [4.69, 9.17) is 18.9 Å². The highest BCUT2D eigenvalue weighted by atomic mass is 16.5. The van der Waals surface area contributed by atoms with Crippen LogP contribution in [0.25, 0.3) is 0 Å². The Morgan fingerprint density at radius 3 is 1.77 bits per heavy atom. The van der Waals surface area contributed by atoms with Crippen LogP contribution in [-0.2, 0) is 18.9 Å². The Bertz CT molecular complexity index is 808. The lowest BCUT2D eigenvalue weighted by Gasteiger charge is -2.69. The number of fused-ring (bicyclic) bond motifs is 5. The summed E-state index contributed by atoms with van der Waals surface area (Å²) in [5.41, 5.74) is 0.599. The molecule has 0 saturated heterocycles. The van der Waals surface area contributed by atoms with Crippen molar-refractivity contribution in [3.8, 4) is 0 Å². The first-order chi connectivity index (χ1) is 18.1. The second kappa shape index (κ2) is 11.8. The van der Waals surface area contributed by atoms with Crippen molar-refractivity contribution in [1.29, 1.82) is 0 Å². The van der Waals surface area contributed by atoms with Crippen molar-refractivity contribution in [2.45, 2.75) is 171 Å². The zero-order valence-corrected chi connectivity index (χ0v) is 27.7. The standard InChI is InChI=1S/C35H64O4/c1-21(2)36-20-25(9)28-13-14-29-34(28,11)32(39-24(7)8)19-30-33(10)16-15-27(37-22(3)4)17-26(33)18-31(35(29,30)12)38-23(5)6/h21-32H,13-20H2,1-12H3/t25-,26?,27?,28?,29?,30?,31?,32?,33?,34?,35?/m1/s1. The Labute approximate surface area is 242 Å². The van der Waals surface area contributed by atoms with Crippen LogP contribution in [0.15, 0.2) is 0 Å². The smallest absolute Gasteiger partial charge is 0.0640 e. The second-order valence-electron chi connectivity index (χ2n) is 16.0. The van der Waals surface area contributed by atoms with Gasteiger partial charge in [-0.05, 0) is 135 Å². The van der Waals surface area contributed by atoms with Gasteiger partial charge in [-0.15, -0.1) is 0 Å². The fraction of sp³-hybridized carbons (Fsp3) is 1.00. The van der Waals surface area contributed by atoms with Gasteiger partial charge in [0.25, 0.3) is 0 Å². The van der Waals surface area contributed by atoms with Crippen LogP contribution in [0.4, 0.5) is 0 Å². The lowest BCUT2D eigenvalue weighted by molar-refractivity contribution is -0.277. The van der Waals surface area contributed by atoms with Crippen molar-refractivity contribution in [2.24, 2.45) is 45.8 Å². The van der Waals surface area contributed by atoms with Crippen LogP contribution in [0.5, 0.6) is 0 Å². The molecule has 4 rings (SSSR count). The van der Waals surface area contributed by atoms with E-state index >= 15 is 0 Å². The van der Waals surface area contributed by atoms with Gasteiger partial charge in [-0.2, -0.15) is 0 Å². The molecule has 4 aliphatic rings. The lowest BCUT2D eigenvalue weighted by Crippen LogP contribution is -2.68. The maximum atomic E-state index is 7.02. The van der Waals surface area contributed by atoms with E-state index < -0.39 is 0 Å². The van der Waals surface area contributed by atoms with E-state index in [9.17, 15) is 0 Å². The van der Waals surface area contributed by atoms with Crippen LogP contribution >= 0.6 is 0 Å². The predicted molar refractivity (Wildman–Crippen MR) is 161 cm³/mol. The minimum absolute atomic E-state index is 0.134. The molecule has 0 spiro atoms. The number of hydrogen-bond donors (Lipinski definition) is 0. The third kappa shape index (κ3) is 5.76. The molecule has 228 valence electrons. The minimum Gasteiger partial charge on any atom is -0.379 e. The molecule has 11 atom stereocenters. The van der Waals surface area contributed by atoms with Gasteiger partial charge < -0.3 is 18.9 Å². The minimum atomic E-state index is 0.134. The van der Waals surface area contributed by atoms with Crippen molar-refractivity contribution >= 4 is 0 Å². The van der Waals surface area contributed by atoms with E-state index in [1.165, 1.54) is 38.5 Å². The summed E-state index contributed by atoms with van der Waals surface area (Å²) in [5, 5.41) is 0. The first kappa shape index (κ1) is 31.8. The molecule has 0 bridgehead atoms. The fourth-order valence-corrected chi connectivity index (χ4v) is 10.7. The molecule has 4 nitrogen and oxygen atoms in total. The van der Waals surface area contributed by atoms with E-state index in [1.807, 2.05) is 0 Å². The van der Waals surface area contributed by atoms with Gasteiger partial charge >= 0.3 is 0 Å². The molecule has 39 heavy (non-hydrogen) atoms. The summed E-state index contributed by atoms with van der Waals surface area (Å²) in [6.45, 7) is 28.9. The van der Waals surface area contributed by atoms with E-state index in [1.54, 1.807) is 0 Å². The maximum Gasteiger partial charge on any atom is 0.0640 e. The average molecular weight is 549 g/mol. The van der Waals surface area contributed by atoms with Gasteiger partial charge in [0.2, 0.25) is 0 Å². The van der Waals surface area contributed by atoms with Crippen molar-refractivity contribution in [2.75, 3.05) is 6.61 Å². The molecule has 4 saturated carbocycles. The monoisotopic (exact) mass is 548 g/mol. The van der Waals surface area contributed by atoms with E-state index in [0.717, 1.165) is 13.0 Å². The molecule has 0 N–H and O–H groups in total. The largest absolute Gasteiger partial charge is 0.379 e. The van der Waals surface area contributed by atoms with Crippen molar-refractivity contribution in [3.63, 3.8) is 0 Å². The quantitative estimate of drug-likeness (QED) is 0.274. The SMILES string of the molecule is CC(C)OC[C@@H](C)C1CCC2C1(C)C(OC(C)C)CC1C3(C)CCC(OC(C)C)CC3CC(OC(C)C)C12C. The highest BCUT2D eigenvalue weighted by Crippen LogP contribution is 2.74. The fourth-order valence-electron chi connectivity index (χ4n) is 10.7. The van der Waals surface area contributed by atoms with E-state index in [0.29, 0.717) is 53.3 Å². The summed E-state index contributed by atoms with van der Waals surface area (Å²) < 4.78 is 26.7. The van der Waals surface area contributed by atoms with Gasteiger partial charge in [0.15, 0.2) is 0 Å². The maximum absolute atomic E-state index is 7.02. The molecule has 10 unspecified atom stereocenters. The summed E-state index contributed by atoms with van der Waals surface area (Å²) in [7, 11) is 0. The van der Waals surface area contributed by atoms with Gasteiger partial charge in [-0.25, -0.2) is 0 Å². The molecule has 4 aliphatic carbocycles. The normalized spacial score (nSPS) is 45.1. The molecular weight excluding hydrogens is 484 g/mol. The highest BCUT2D eigenvalue weighted by Gasteiger charge is 2.71. The zero-order chi connectivity index (χ0) is 28.9.